The van der Waals surface area contributed by atoms with Gasteiger partial charge >= 0.3 is 17.9 Å². The van der Waals surface area contributed by atoms with Crippen LogP contribution in [0.1, 0.15) is 33.3 Å². The highest BCUT2D eigenvalue weighted by atomic mass is 16.5. The molecule has 0 saturated heterocycles. The highest BCUT2D eigenvalue weighted by Gasteiger charge is 2.42. The lowest BCUT2D eigenvalue weighted by Crippen LogP contribution is -2.39. The molecule has 0 fully saturated rings. The monoisotopic (exact) mass is 474 g/mol. The number of hydrogen-bond donors (Lipinski definition) is 2. The first-order valence-electron chi connectivity index (χ1n) is 10.8. The molecule has 1 aliphatic rings. The van der Waals surface area contributed by atoms with Gasteiger partial charge in [-0.2, -0.15) is 0 Å². The van der Waals surface area contributed by atoms with Gasteiger partial charge in [0.15, 0.2) is 6.61 Å². The second kappa shape index (κ2) is 11.9. The fourth-order valence-electron chi connectivity index (χ4n) is 3.51. The molecule has 0 unspecified atom stereocenters. The number of dihydropyridines is 1. The van der Waals surface area contributed by atoms with Crippen molar-refractivity contribution in [3.63, 3.8) is 0 Å². The fraction of sp³-hybridized carbons (Fsp3) is 0.417. The van der Waals surface area contributed by atoms with Crippen molar-refractivity contribution in [2.45, 2.75) is 34.6 Å². The first-order chi connectivity index (χ1) is 16.1. The number of methoxy groups -OCH3 is 1. The molecule has 0 atom stereocenters. The number of carbonyl (C=O) groups is 4. The van der Waals surface area contributed by atoms with E-state index in [1.807, 2.05) is 13.0 Å². The largest absolute Gasteiger partial charge is 0.495 e. The summed E-state index contributed by atoms with van der Waals surface area (Å²) in [6.45, 7) is 7.73. The molecule has 1 aromatic carbocycles. The standard InChI is InChI=1S/C24H30N2O8/c1-7-32-22(28)19-14(4)25-15(5)20(23(29)33-8-2)21(19)24(30)34-12-18(27)26-16-11-13(3)9-10-17(16)31-6/h9-11,21,25H,7-8,12H2,1-6H3,(H,26,27). The van der Waals surface area contributed by atoms with Crippen LogP contribution in [0.25, 0.3) is 0 Å². The molecular formula is C24H30N2O8. The minimum Gasteiger partial charge on any atom is -0.495 e. The lowest BCUT2D eigenvalue weighted by molar-refractivity contribution is -0.153. The molecule has 1 amide bonds. The van der Waals surface area contributed by atoms with Crippen LogP contribution < -0.4 is 15.4 Å². The average molecular weight is 475 g/mol. The van der Waals surface area contributed by atoms with Crippen LogP contribution in [0.2, 0.25) is 0 Å². The van der Waals surface area contributed by atoms with E-state index >= 15 is 0 Å². The van der Waals surface area contributed by atoms with Crippen molar-refractivity contribution < 1.29 is 38.1 Å². The van der Waals surface area contributed by atoms with Crippen molar-refractivity contribution in [3.8, 4) is 5.75 Å². The van der Waals surface area contributed by atoms with Crippen LogP contribution >= 0.6 is 0 Å². The van der Waals surface area contributed by atoms with Crippen molar-refractivity contribution in [2.75, 3.05) is 32.2 Å². The number of ether oxygens (including phenoxy) is 4. The maximum atomic E-state index is 13.1. The van der Waals surface area contributed by atoms with Gasteiger partial charge in [-0.15, -0.1) is 0 Å². The zero-order valence-corrected chi connectivity index (χ0v) is 20.2. The molecule has 0 bridgehead atoms. The first-order valence-corrected chi connectivity index (χ1v) is 10.8. The normalized spacial score (nSPS) is 13.7. The number of allylic oxidation sites excluding steroid dienone is 2. The van der Waals surface area contributed by atoms with Crippen molar-refractivity contribution in [1.29, 1.82) is 0 Å². The Bertz CT molecular complexity index is 1000. The molecule has 0 radical (unpaired) electrons. The average Bonchev–Trinajstić information content (AvgIpc) is 2.77. The predicted molar refractivity (Wildman–Crippen MR) is 123 cm³/mol. The number of carbonyl (C=O) groups excluding carboxylic acids is 4. The number of hydrogen-bond acceptors (Lipinski definition) is 9. The quantitative estimate of drug-likeness (QED) is 0.409. The lowest BCUT2D eigenvalue weighted by Gasteiger charge is -2.28. The number of esters is 3. The van der Waals surface area contributed by atoms with E-state index in [0.717, 1.165) is 5.56 Å². The summed E-state index contributed by atoms with van der Waals surface area (Å²) in [5.41, 5.74) is 1.81. The van der Waals surface area contributed by atoms with E-state index in [1.54, 1.807) is 39.8 Å². The SMILES string of the molecule is CCOC(=O)C1=C(C)NC(C)=C(C(=O)OCC)C1C(=O)OCC(=O)Nc1cc(C)ccc1OC. The van der Waals surface area contributed by atoms with Crippen LogP contribution in [-0.2, 0) is 33.4 Å². The van der Waals surface area contributed by atoms with Crippen LogP contribution in [0.5, 0.6) is 5.75 Å². The molecule has 1 heterocycles. The molecule has 2 N–H and O–H groups in total. The molecule has 0 aliphatic carbocycles. The first kappa shape index (κ1) is 26.4. The lowest BCUT2D eigenvalue weighted by atomic mass is 9.85. The Morgan fingerprint density at radius 3 is 1.97 bits per heavy atom. The molecule has 0 saturated carbocycles. The summed E-state index contributed by atoms with van der Waals surface area (Å²) in [6, 6.07) is 5.23. The molecule has 34 heavy (non-hydrogen) atoms. The van der Waals surface area contributed by atoms with E-state index in [1.165, 1.54) is 7.11 Å². The van der Waals surface area contributed by atoms with E-state index < -0.39 is 36.3 Å². The number of anilines is 1. The molecular weight excluding hydrogens is 444 g/mol. The summed E-state index contributed by atoms with van der Waals surface area (Å²) in [6.07, 6.45) is 0. The molecule has 10 heteroatoms. The van der Waals surface area contributed by atoms with Crippen molar-refractivity contribution in [1.82, 2.24) is 5.32 Å². The third-order valence-corrected chi connectivity index (χ3v) is 4.96. The second-order valence-corrected chi connectivity index (χ2v) is 7.44. The van der Waals surface area contributed by atoms with Gasteiger partial charge in [0, 0.05) is 11.4 Å². The highest BCUT2D eigenvalue weighted by molar-refractivity contribution is 6.06. The Morgan fingerprint density at radius 1 is 0.912 bits per heavy atom. The smallest absolute Gasteiger partial charge is 0.337 e. The van der Waals surface area contributed by atoms with E-state index in [9.17, 15) is 19.2 Å². The molecule has 184 valence electrons. The minimum absolute atomic E-state index is 0.0650. The van der Waals surface area contributed by atoms with Gasteiger partial charge in [0.2, 0.25) is 0 Å². The molecule has 0 spiro atoms. The third-order valence-electron chi connectivity index (χ3n) is 4.96. The summed E-state index contributed by atoms with van der Waals surface area (Å²) in [4.78, 5) is 50.9. The molecule has 1 aliphatic heterocycles. The Balaban J connectivity index is 2.28. The topological polar surface area (TPSA) is 129 Å². The van der Waals surface area contributed by atoms with Crippen molar-refractivity contribution >= 4 is 29.5 Å². The van der Waals surface area contributed by atoms with Gasteiger partial charge < -0.3 is 29.6 Å². The van der Waals surface area contributed by atoms with Crippen LogP contribution in [0.15, 0.2) is 40.7 Å². The summed E-state index contributed by atoms with van der Waals surface area (Å²) in [5, 5.41) is 5.54. The van der Waals surface area contributed by atoms with Gasteiger partial charge in [0.25, 0.3) is 5.91 Å². The van der Waals surface area contributed by atoms with Crippen LogP contribution in [-0.4, -0.2) is 50.7 Å². The predicted octanol–water partition coefficient (Wildman–Crippen LogP) is 2.38. The van der Waals surface area contributed by atoms with Crippen LogP contribution in [0.4, 0.5) is 5.69 Å². The summed E-state index contributed by atoms with van der Waals surface area (Å²) >= 11 is 0. The third kappa shape index (κ3) is 6.15. The maximum absolute atomic E-state index is 13.1. The summed E-state index contributed by atoms with van der Waals surface area (Å²) in [7, 11) is 1.47. The number of aryl methyl sites for hydroxylation is 1. The Kier molecular flexibility index (Phi) is 9.23. The van der Waals surface area contributed by atoms with Gasteiger partial charge in [-0.1, -0.05) is 6.07 Å². The van der Waals surface area contributed by atoms with E-state index in [-0.39, 0.29) is 24.4 Å². The second-order valence-electron chi connectivity index (χ2n) is 7.44. The van der Waals surface area contributed by atoms with Gasteiger partial charge in [0.05, 0.1) is 37.2 Å². The van der Waals surface area contributed by atoms with Gasteiger partial charge in [-0.3, -0.25) is 9.59 Å². The number of nitrogens with one attached hydrogen (secondary N) is 2. The summed E-state index contributed by atoms with van der Waals surface area (Å²) in [5.74, 6) is -4.12. The van der Waals surface area contributed by atoms with Crippen molar-refractivity contribution in [2.24, 2.45) is 5.92 Å². The number of rotatable bonds is 9. The van der Waals surface area contributed by atoms with Crippen LogP contribution in [0, 0.1) is 12.8 Å². The Hall–Kier alpha value is -3.82. The molecule has 2 rings (SSSR count). The number of amides is 1. The molecule has 10 nitrogen and oxygen atoms in total. The van der Waals surface area contributed by atoms with Crippen molar-refractivity contribution in [3.05, 3.63) is 46.3 Å². The van der Waals surface area contributed by atoms with Gasteiger partial charge in [0.1, 0.15) is 11.7 Å². The Morgan fingerprint density at radius 2 is 1.47 bits per heavy atom. The highest BCUT2D eigenvalue weighted by Crippen LogP contribution is 2.32. The maximum Gasteiger partial charge on any atom is 0.337 e. The summed E-state index contributed by atoms with van der Waals surface area (Å²) < 4.78 is 20.6. The Labute approximate surface area is 198 Å². The number of benzene rings is 1. The van der Waals surface area contributed by atoms with E-state index in [0.29, 0.717) is 22.8 Å². The fourth-order valence-corrected chi connectivity index (χ4v) is 3.51. The zero-order chi connectivity index (χ0) is 25.4. The molecule has 0 aromatic heterocycles. The minimum atomic E-state index is -1.42. The van der Waals surface area contributed by atoms with Crippen LogP contribution in [0.3, 0.4) is 0 Å². The zero-order valence-electron chi connectivity index (χ0n) is 20.2. The van der Waals surface area contributed by atoms with Gasteiger partial charge in [-0.05, 0) is 52.3 Å². The van der Waals surface area contributed by atoms with E-state index in [2.05, 4.69) is 10.6 Å². The van der Waals surface area contributed by atoms with Gasteiger partial charge in [-0.25, -0.2) is 9.59 Å². The van der Waals surface area contributed by atoms with E-state index in [4.69, 9.17) is 18.9 Å². The molecule has 1 aromatic rings.